The minimum Gasteiger partial charge on any atom is -0.383 e. The van der Waals surface area contributed by atoms with E-state index in [0.29, 0.717) is 10.8 Å². The largest absolute Gasteiger partial charge is 0.383 e. The molecule has 0 aliphatic heterocycles. The molecule has 3 nitrogen and oxygen atoms in total. The van der Waals surface area contributed by atoms with Crippen molar-refractivity contribution < 1.29 is 4.39 Å². The van der Waals surface area contributed by atoms with E-state index in [4.69, 9.17) is 28.9 Å². The van der Waals surface area contributed by atoms with Crippen molar-refractivity contribution in [3.05, 3.63) is 57.5 Å². The third-order valence-corrected chi connectivity index (χ3v) is 3.29. The highest BCUT2D eigenvalue weighted by Gasteiger charge is 2.17. The minimum atomic E-state index is -0.461. The van der Waals surface area contributed by atoms with Crippen molar-refractivity contribution in [3.63, 3.8) is 0 Å². The van der Waals surface area contributed by atoms with Crippen LogP contribution in [0.3, 0.4) is 0 Å². The smallest absolute Gasteiger partial charge is 0.141 e. The first-order valence-electron chi connectivity index (χ1n) is 5.56. The number of rotatable bonds is 3. The average molecular weight is 300 g/mol. The van der Waals surface area contributed by atoms with E-state index < -0.39 is 5.82 Å². The van der Waals surface area contributed by atoms with Gasteiger partial charge in [-0.1, -0.05) is 29.3 Å². The van der Waals surface area contributed by atoms with Crippen LogP contribution in [-0.2, 0) is 0 Å². The molecule has 100 valence electrons. The van der Waals surface area contributed by atoms with Gasteiger partial charge in [-0.05, 0) is 30.8 Å². The zero-order valence-corrected chi connectivity index (χ0v) is 11.6. The van der Waals surface area contributed by atoms with E-state index in [-0.39, 0.29) is 11.1 Å². The Labute approximate surface area is 120 Å². The summed E-state index contributed by atoms with van der Waals surface area (Å²) in [6.45, 7) is 0. The third kappa shape index (κ3) is 2.97. The van der Waals surface area contributed by atoms with Crippen LogP contribution in [0, 0.1) is 5.82 Å². The fourth-order valence-corrected chi connectivity index (χ4v) is 2.25. The van der Waals surface area contributed by atoms with Crippen LogP contribution in [0.25, 0.3) is 0 Å². The second-order valence-corrected chi connectivity index (χ2v) is 4.87. The standard InChI is InChI=1S/C13H12Cl2FN3/c1-18-12(7-2-3-11(16)10(15)4-7)9-5-8(14)6-19-13(9)17/h2-6,12,18H,1H3,(H2,17,19). The van der Waals surface area contributed by atoms with Crippen molar-refractivity contribution >= 4 is 29.0 Å². The van der Waals surface area contributed by atoms with Gasteiger partial charge in [-0.3, -0.25) is 0 Å². The van der Waals surface area contributed by atoms with E-state index in [1.54, 1.807) is 25.2 Å². The molecule has 0 spiro atoms. The summed E-state index contributed by atoms with van der Waals surface area (Å²) in [5.74, 6) is -0.0957. The summed E-state index contributed by atoms with van der Waals surface area (Å²) in [7, 11) is 1.77. The molecule has 0 saturated heterocycles. The molecule has 0 saturated carbocycles. The zero-order chi connectivity index (χ0) is 14.0. The number of nitrogens with zero attached hydrogens (tertiary/aromatic N) is 1. The molecule has 0 bridgehead atoms. The zero-order valence-electron chi connectivity index (χ0n) is 10.1. The molecule has 19 heavy (non-hydrogen) atoms. The lowest BCUT2D eigenvalue weighted by Crippen LogP contribution is -2.19. The molecule has 0 radical (unpaired) electrons. The average Bonchev–Trinajstić information content (AvgIpc) is 2.38. The SMILES string of the molecule is CNC(c1ccc(F)c(Cl)c1)c1cc(Cl)cnc1N. The second kappa shape index (κ2) is 5.74. The summed E-state index contributed by atoms with van der Waals surface area (Å²) >= 11 is 11.7. The number of hydrogen-bond acceptors (Lipinski definition) is 3. The van der Waals surface area contributed by atoms with Crippen molar-refractivity contribution in [3.8, 4) is 0 Å². The summed E-state index contributed by atoms with van der Waals surface area (Å²) in [4.78, 5) is 4.01. The third-order valence-electron chi connectivity index (χ3n) is 2.79. The van der Waals surface area contributed by atoms with Gasteiger partial charge in [0.15, 0.2) is 0 Å². The lowest BCUT2D eigenvalue weighted by atomic mass is 9.99. The van der Waals surface area contributed by atoms with Gasteiger partial charge in [0.2, 0.25) is 0 Å². The Morgan fingerprint density at radius 3 is 2.68 bits per heavy atom. The van der Waals surface area contributed by atoms with Gasteiger partial charge in [0.1, 0.15) is 11.6 Å². The number of benzene rings is 1. The predicted octanol–water partition coefficient (Wildman–Crippen LogP) is 3.42. The Hall–Kier alpha value is -1.36. The lowest BCUT2D eigenvalue weighted by Gasteiger charge is -2.19. The normalized spacial score (nSPS) is 12.4. The predicted molar refractivity (Wildman–Crippen MR) is 76.0 cm³/mol. The summed E-state index contributed by atoms with van der Waals surface area (Å²) < 4.78 is 13.2. The van der Waals surface area contributed by atoms with Crippen LogP contribution in [0.4, 0.5) is 10.2 Å². The first-order valence-corrected chi connectivity index (χ1v) is 6.31. The van der Waals surface area contributed by atoms with Crippen molar-refractivity contribution in [2.75, 3.05) is 12.8 Å². The molecule has 6 heteroatoms. The minimum absolute atomic E-state index is 0.0614. The lowest BCUT2D eigenvalue weighted by molar-refractivity contribution is 0.624. The molecule has 1 atom stereocenters. The number of nitrogens with one attached hydrogen (secondary N) is 1. The van der Waals surface area contributed by atoms with Gasteiger partial charge in [0, 0.05) is 11.8 Å². The van der Waals surface area contributed by atoms with Gasteiger partial charge in [0.25, 0.3) is 0 Å². The number of nitrogen functional groups attached to an aromatic ring is 1. The molecular formula is C13H12Cl2FN3. The summed E-state index contributed by atoms with van der Waals surface area (Å²) in [6.07, 6.45) is 1.48. The van der Waals surface area contributed by atoms with Gasteiger partial charge in [-0.25, -0.2) is 9.37 Å². The molecule has 1 unspecified atom stereocenters. The van der Waals surface area contributed by atoms with Crippen LogP contribution in [0.2, 0.25) is 10.0 Å². The Morgan fingerprint density at radius 2 is 2.05 bits per heavy atom. The Morgan fingerprint density at radius 1 is 1.32 bits per heavy atom. The second-order valence-electron chi connectivity index (χ2n) is 4.02. The van der Waals surface area contributed by atoms with Gasteiger partial charge < -0.3 is 11.1 Å². The Balaban J connectivity index is 2.49. The first-order chi connectivity index (χ1) is 9.02. The van der Waals surface area contributed by atoms with E-state index in [0.717, 1.165) is 11.1 Å². The number of pyridine rings is 1. The highest BCUT2D eigenvalue weighted by molar-refractivity contribution is 6.31. The molecule has 3 N–H and O–H groups in total. The Bertz CT molecular complexity index is 604. The van der Waals surface area contributed by atoms with E-state index >= 15 is 0 Å². The molecule has 1 heterocycles. The molecule has 2 aromatic rings. The molecule has 1 aromatic carbocycles. The van der Waals surface area contributed by atoms with Gasteiger partial charge in [-0.15, -0.1) is 0 Å². The molecule has 0 aliphatic carbocycles. The molecule has 0 fully saturated rings. The van der Waals surface area contributed by atoms with Crippen LogP contribution in [0.1, 0.15) is 17.2 Å². The number of hydrogen-bond donors (Lipinski definition) is 2. The number of anilines is 1. The number of nitrogens with two attached hydrogens (primary N) is 1. The van der Waals surface area contributed by atoms with E-state index in [9.17, 15) is 4.39 Å². The van der Waals surface area contributed by atoms with Crippen molar-refractivity contribution in [2.24, 2.45) is 0 Å². The maximum absolute atomic E-state index is 13.2. The molecule has 1 aromatic heterocycles. The van der Waals surface area contributed by atoms with Crippen LogP contribution in [0.15, 0.2) is 30.5 Å². The molecule has 0 aliphatic rings. The fourth-order valence-electron chi connectivity index (χ4n) is 1.89. The first kappa shape index (κ1) is 14.1. The number of halogens is 3. The topological polar surface area (TPSA) is 50.9 Å². The maximum Gasteiger partial charge on any atom is 0.141 e. The highest BCUT2D eigenvalue weighted by atomic mass is 35.5. The summed E-state index contributed by atoms with van der Waals surface area (Å²) in [5, 5.41) is 3.63. The number of aromatic nitrogens is 1. The monoisotopic (exact) mass is 299 g/mol. The van der Waals surface area contributed by atoms with Crippen LogP contribution in [-0.4, -0.2) is 12.0 Å². The van der Waals surface area contributed by atoms with E-state index in [1.807, 2.05) is 0 Å². The van der Waals surface area contributed by atoms with Crippen LogP contribution in [0.5, 0.6) is 0 Å². The molecular weight excluding hydrogens is 288 g/mol. The van der Waals surface area contributed by atoms with Gasteiger partial charge in [0.05, 0.1) is 16.1 Å². The van der Waals surface area contributed by atoms with Gasteiger partial charge >= 0.3 is 0 Å². The van der Waals surface area contributed by atoms with Crippen molar-refractivity contribution in [1.82, 2.24) is 10.3 Å². The van der Waals surface area contributed by atoms with E-state index in [2.05, 4.69) is 10.3 Å². The fraction of sp³-hybridized carbons (Fsp3) is 0.154. The van der Waals surface area contributed by atoms with Crippen molar-refractivity contribution in [1.29, 1.82) is 0 Å². The molecule has 2 rings (SSSR count). The quantitative estimate of drug-likeness (QED) is 0.913. The van der Waals surface area contributed by atoms with Crippen molar-refractivity contribution in [2.45, 2.75) is 6.04 Å². The summed E-state index contributed by atoms with van der Waals surface area (Å²) in [6, 6.07) is 5.98. The van der Waals surface area contributed by atoms with E-state index in [1.165, 1.54) is 12.3 Å². The maximum atomic E-state index is 13.2. The van der Waals surface area contributed by atoms with Gasteiger partial charge in [-0.2, -0.15) is 0 Å². The Kier molecular flexibility index (Phi) is 4.24. The van der Waals surface area contributed by atoms with Crippen LogP contribution < -0.4 is 11.1 Å². The highest BCUT2D eigenvalue weighted by Crippen LogP contribution is 2.29. The molecule has 0 amide bonds. The van der Waals surface area contributed by atoms with Crippen LogP contribution >= 0.6 is 23.2 Å². The summed E-state index contributed by atoms with van der Waals surface area (Å²) in [5.41, 5.74) is 7.36.